The van der Waals surface area contributed by atoms with Crippen LogP contribution in [0.1, 0.15) is 39.2 Å². The Hall–Kier alpha value is -1.38. The van der Waals surface area contributed by atoms with Crippen molar-refractivity contribution in [2.75, 3.05) is 0 Å². The van der Waals surface area contributed by atoms with Crippen molar-refractivity contribution in [3.63, 3.8) is 0 Å². The van der Waals surface area contributed by atoms with E-state index in [0.29, 0.717) is 6.42 Å². The van der Waals surface area contributed by atoms with Crippen molar-refractivity contribution in [1.82, 2.24) is 5.32 Å². The minimum absolute atomic E-state index is 0.0248. The largest absolute Gasteiger partial charge is 0.347 e. The third kappa shape index (κ3) is 3.33. The minimum atomic E-state index is -0.458. The zero-order valence-electron chi connectivity index (χ0n) is 10.0. The predicted molar refractivity (Wildman–Crippen MR) is 62.5 cm³/mol. The molecule has 0 aliphatic heterocycles. The third-order valence-electron chi connectivity index (χ3n) is 2.49. The Labute approximate surface area is 95.9 Å². The van der Waals surface area contributed by atoms with Gasteiger partial charge in [0.1, 0.15) is 5.82 Å². The molecule has 0 aliphatic carbocycles. The quantitative estimate of drug-likeness (QED) is 0.835. The second-order valence-corrected chi connectivity index (χ2v) is 4.43. The Morgan fingerprint density at radius 1 is 1.31 bits per heavy atom. The molecule has 0 aromatic heterocycles. The van der Waals surface area contributed by atoms with Crippen LogP contribution in [0.2, 0.25) is 0 Å². The highest BCUT2D eigenvalue weighted by Crippen LogP contribution is 2.20. The number of hydrogen-bond acceptors (Lipinski definition) is 1. The lowest BCUT2D eigenvalue weighted by atomic mass is 9.94. The first-order valence-electron chi connectivity index (χ1n) is 5.53. The van der Waals surface area contributed by atoms with E-state index in [-0.39, 0.29) is 11.7 Å². The van der Waals surface area contributed by atoms with Crippen molar-refractivity contribution < 1.29 is 9.18 Å². The molecule has 1 rings (SSSR count). The molecule has 0 atom stereocenters. The van der Waals surface area contributed by atoms with Gasteiger partial charge in [-0.25, -0.2) is 4.39 Å². The smallest absolute Gasteiger partial charge is 0.220 e. The van der Waals surface area contributed by atoms with Gasteiger partial charge in [-0.2, -0.15) is 0 Å². The van der Waals surface area contributed by atoms with Gasteiger partial charge in [-0.1, -0.05) is 19.1 Å². The number of halogens is 1. The average molecular weight is 223 g/mol. The Balaban J connectivity index is 2.76. The van der Waals surface area contributed by atoms with Crippen LogP contribution in [0.4, 0.5) is 4.39 Å². The minimum Gasteiger partial charge on any atom is -0.347 e. The highest BCUT2D eigenvalue weighted by molar-refractivity contribution is 5.76. The van der Waals surface area contributed by atoms with E-state index in [0.717, 1.165) is 12.0 Å². The molecule has 1 amide bonds. The second-order valence-electron chi connectivity index (χ2n) is 4.43. The molecule has 0 aliphatic rings. The normalized spacial score (nSPS) is 11.2. The van der Waals surface area contributed by atoms with Crippen molar-refractivity contribution >= 4 is 5.91 Å². The Bertz CT molecular complexity index is 357. The number of benzene rings is 1. The molecule has 1 N–H and O–H groups in total. The Morgan fingerprint density at radius 2 is 1.88 bits per heavy atom. The highest BCUT2D eigenvalue weighted by Gasteiger charge is 2.22. The lowest BCUT2D eigenvalue weighted by Crippen LogP contribution is -2.40. The van der Waals surface area contributed by atoms with Crippen molar-refractivity contribution in [2.45, 2.75) is 39.2 Å². The van der Waals surface area contributed by atoms with Gasteiger partial charge in [-0.3, -0.25) is 4.79 Å². The summed E-state index contributed by atoms with van der Waals surface area (Å²) in [5.74, 6) is -0.240. The number of amides is 1. The summed E-state index contributed by atoms with van der Waals surface area (Å²) in [7, 11) is 0. The van der Waals surface area contributed by atoms with Gasteiger partial charge < -0.3 is 5.32 Å². The van der Waals surface area contributed by atoms with E-state index in [2.05, 4.69) is 5.32 Å². The topological polar surface area (TPSA) is 29.1 Å². The van der Waals surface area contributed by atoms with Crippen LogP contribution in [0.15, 0.2) is 24.3 Å². The van der Waals surface area contributed by atoms with Crippen LogP contribution in [0.5, 0.6) is 0 Å². The number of rotatable bonds is 4. The molecule has 0 spiro atoms. The lowest BCUT2D eigenvalue weighted by Gasteiger charge is -2.27. The van der Waals surface area contributed by atoms with Gasteiger partial charge in [0.15, 0.2) is 0 Å². The summed E-state index contributed by atoms with van der Waals surface area (Å²) < 4.78 is 12.8. The number of hydrogen-bond donors (Lipinski definition) is 1. The van der Waals surface area contributed by atoms with Crippen LogP contribution >= 0.6 is 0 Å². The van der Waals surface area contributed by atoms with Crippen LogP contribution in [0.3, 0.4) is 0 Å². The first-order chi connectivity index (χ1) is 7.45. The molecule has 0 bridgehead atoms. The molecule has 1 aromatic carbocycles. The standard InChI is InChI=1S/C13H18FNO/c1-4-5-12(16)15-13(2,3)10-6-8-11(14)9-7-10/h6-9H,4-5H2,1-3H3,(H,15,16). The maximum absolute atomic E-state index is 12.8. The van der Waals surface area contributed by atoms with Gasteiger partial charge in [0.2, 0.25) is 5.91 Å². The highest BCUT2D eigenvalue weighted by atomic mass is 19.1. The molecule has 0 saturated carbocycles. The molecule has 0 saturated heterocycles. The fourth-order valence-corrected chi connectivity index (χ4v) is 1.58. The summed E-state index contributed by atoms with van der Waals surface area (Å²) >= 11 is 0. The van der Waals surface area contributed by atoms with Crippen LogP contribution < -0.4 is 5.32 Å². The van der Waals surface area contributed by atoms with E-state index < -0.39 is 5.54 Å². The first-order valence-corrected chi connectivity index (χ1v) is 5.53. The zero-order chi connectivity index (χ0) is 12.2. The summed E-state index contributed by atoms with van der Waals surface area (Å²) in [6.45, 7) is 5.78. The van der Waals surface area contributed by atoms with Gasteiger partial charge in [0.25, 0.3) is 0 Å². The van der Waals surface area contributed by atoms with Gasteiger partial charge >= 0.3 is 0 Å². The van der Waals surface area contributed by atoms with E-state index >= 15 is 0 Å². The Kier molecular flexibility index (Phi) is 4.05. The van der Waals surface area contributed by atoms with E-state index in [1.54, 1.807) is 12.1 Å². The maximum atomic E-state index is 12.8. The second kappa shape index (κ2) is 5.10. The number of carbonyl (C=O) groups excluding carboxylic acids is 1. The summed E-state index contributed by atoms with van der Waals surface area (Å²) in [5, 5.41) is 2.93. The molecule has 0 fully saturated rings. The monoisotopic (exact) mass is 223 g/mol. The molecule has 16 heavy (non-hydrogen) atoms. The maximum Gasteiger partial charge on any atom is 0.220 e. The first kappa shape index (κ1) is 12.7. The van der Waals surface area contributed by atoms with E-state index in [9.17, 15) is 9.18 Å². The van der Waals surface area contributed by atoms with Crippen LogP contribution in [0, 0.1) is 5.82 Å². The molecular formula is C13H18FNO. The van der Waals surface area contributed by atoms with Gasteiger partial charge in [0.05, 0.1) is 5.54 Å². The van der Waals surface area contributed by atoms with Crippen molar-refractivity contribution in [3.05, 3.63) is 35.6 Å². The summed E-state index contributed by atoms with van der Waals surface area (Å²) in [5.41, 5.74) is 0.443. The zero-order valence-corrected chi connectivity index (χ0v) is 10.0. The predicted octanol–water partition coefficient (Wildman–Crippen LogP) is 2.98. The summed E-state index contributed by atoms with van der Waals surface area (Å²) in [6, 6.07) is 6.20. The van der Waals surface area contributed by atoms with Crippen molar-refractivity contribution in [2.24, 2.45) is 0 Å². The van der Waals surface area contributed by atoms with E-state index in [1.807, 2.05) is 20.8 Å². The third-order valence-corrected chi connectivity index (χ3v) is 2.49. The molecule has 1 aromatic rings. The van der Waals surface area contributed by atoms with Gasteiger partial charge in [0, 0.05) is 6.42 Å². The average Bonchev–Trinajstić information content (AvgIpc) is 2.17. The molecule has 0 unspecified atom stereocenters. The number of nitrogens with one attached hydrogen (secondary N) is 1. The molecule has 3 heteroatoms. The molecular weight excluding hydrogens is 205 g/mol. The van der Waals surface area contributed by atoms with E-state index in [4.69, 9.17) is 0 Å². The molecule has 88 valence electrons. The Morgan fingerprint density at radius 3 is 2.38 bits per heavy atom. The van der Waals surface area contributed by atoms with Crippen molar-refractivity contribution in [1.29, 1.82) is 0 Å². The summed E-state index contributed by atoms with van der Waals surface area (Å²) in [6.07, 6.45) is 1.34. The van der Waals surface area contributed by atoms with Gasteiger partial charge in [-0.05, 0) is 38.0 Å². The molecule has 0 radical (unpaired) electrons. The van der Waals surface area contributed by atoms with Crippen LogP contribution in [0.25, 0.3) is 0 Å². The fraction of sp³-hybridized carbons (Fsp3) is 0.462. The lowest BCUT2D eigenvalue weighted by molar-refractivity contribution is -0.122. The molecule has 0 heterocycles. The van der Waals surface area contributed by atoms with Crippen molar-refractivity contribution in [3.8, 4) is 0 Å². The molecule has 2 nitrogen and oxygen atoms in total. The van der Waals surface area contributed by atoms with Gasteiger partial charge in [-0.15, -0.1) is 0 Å². The van der Waals surface area contributed by atoms with Crippen LogP contribution in [-0.2, 0) is 10.3 Å². The number of carbonyl (C=O) groups is 1. The fourth-order valence-electron chi connectivity index (χ4n) is 1.58. The van der Waals surface area contributed by atoms with E-state index in [1.165, 1.54) is 12.1 Å². The SMILES string of the molecule is CCCC(=O)NC(C)(C)c1ccc(F)cc1. The van der Waals surface area contributed by atoms with Crippen LogP contribution in [-0.4, -0.2) is 5.91 Å². The summed E-state index contributed by atoms with van der Waals surface area (Å²) in [4.78, 5) is 11.5.